The number of nitrogens with zero attached hydrogens (tertiary/aromatic N) is 1. The molecule has 5 nitrogen and oxygen atoms in total. The molecule has 1 N–H and O–H groups in total. The van der Waals surface area contributed by atoms with Crippen molar-refractivity contribution in [3.8, 4) is 5.75 Å². The molecule has 1 heterocycles. The van der Waals surface area contributed by atoms with Crippen LogP contribution in [0, 0.1) is 17.2 Å². The summed E-state index contributed by atoms with van der Waals surface area (Å²) in [7, 11) is 1.38. The van der Waals surface area contributed by atoms with Crippen molar-refractivity contribution in [3.05, 3.63) is 29.6 Å². The fraction of sp³-hybridized carbons (Fsp3) is 0.500. The summed E-state index contributed by atoms with van der Waals surface area (Å²) in [6, 6.07) is 4.21. The van der Waals surface area contributed by atoms with Gasteiger partial charge in [-0.1, -0.05) is 12.5 Å². The lowest BCUT2D eigenvalue weighted by molar-refractivity contribution is -0.149. The summed E-state index contributed by atoms with van der Waals surface area (Å²) in [6.45, 7) is 0.506. The molecule has 0 unspecified atom stereocenters. The van der Waals surface area contributed by atoms with Gasteiger partial charge in [-0.3, -0.25) is 9.59 Å². The Balaban J connectivity index is 1.91. The van der Waals surface area contributed by atoms with E-state index in [1.54, 1.807) is 0 Å². The number of amides is 1. The Hall–Kier alpha value is -2.11. The topological polar surface area (TPSA) is 66.8 Å². The molecule has 1 aromatic carbocycles. The average molecular weight is 307 g/mol. The molecule has 1 saturated carbocycles. The van der Waals surface area contributed by atoms with Crippen LogP contribution in [0.15, 0.2) is 18.2 Å². The third-order valence-corrected chi connectivity index (χ3v) is 4.99. The molecule has 2 fully saturated rings. The molecular weight excluding hydrogens is 289 g/mol. The standard InChI is InChI=1S/C16H18FNO4/c1-22-12-6-2-5-11(17)13(12)14(19)18-8-10-4-3-7-16(10,9-18)15(20)21/h2,5-6,10H,3-4,7-9H2,1H3,(H,20,21)/t10-,16+/m0/s1. The lowest BCUT2D eigenvalue weighted by atomic mass is 9.81. The number of carbonyl (C=O) groups is 2. The molecule has 0 spiro atoms. The fourth-order valence-corrected chi connectivity index (χ4v) is 3.83. The monoisotopic (exact) mass is 307 g/mol. The number of aliphatic carboxylic acids is 1. The van der Waals surface area contributed by atoms with E-state index in [2.05, 4.69) is 0 Å². The first-order chi connectivity index (χ1) is 10.5. The number of likely N-dealkylation sites (tertiary alicyclic amines) is 1. The van der Waals surface area contributed by atoms with Gasteiger partial charge in [-0.15, -0.1) is 0 Å². The van der Waals surface area contributed by atoms with Gasteiger partial charge in [0, 0.05) is 13.1 Å². The first-order valence-corrected chi connectivity index (χ1v) is 7.35. The summed E-state index contributed by atoms with van der Waals surface area (Å²) in [5, 5.41) is 9.56. The van der Waals surface area contributed by atoms with Crippen LogP contribution in [0.3, 0.4) is 0 Å². The zero-order valence-electron chi connectivity index (χ0n) is 12.3. The molecule has 6 heteroatoms. The molecular formula is C16H18FNO4. The highest BCUT2D eigenvalue weighted by Gasteiger charge is 2.56. The second kappa shape index (κ2) is 5.26. The van der Waals surface area contributed by atoms with Gasteiger partial charge in [0.25, 0.3) is 5.91 Å². The number of halogens is 1. The van der Waals surface area contributed by atoms with Crippen molar-refractivity contribution < 1.29 is 23.8 Å². The van der Waals surface area contributed by atoms with Crippen molar-refractivity contribution in [1.29, 1.82) is 0 Å². The van der Waals surface area contributed by atoms with Crippen LogP contribution in [0.4, 0.5) is 4.39 Å². The van der Waals surface area contributed by atoms with Crippen LogP contribution in [-0.2, 0) is 4.79 Å². The third-order valence-electron chi connectivity index (χ3n) is 4.99. The zero-order chi connectivity index (χ0) is 15.9. The number of carbonyl (C=O) groups excluding carboxylic acids is 1. The fourth-order valence-electron chi connectivity index (χ4n) is 3.83. The highest BCUT2D eigenvalue weighted by Crippen LogP contribution is 2.49. The molecule has 2 aliphatic rings. The van der Waals surface area contributed by atoms with Crippen molar-refractivity contribution >= 4 is 11.9 Å². The van der Waals surface area contributed by atoms with Crippen molar-refractivity contribution in [1.82, 2.24) is 4.90 Å². The van der Waals surface area contributed by atoms with Crippen LogP contribution in [0.5, 0.6) is 5.75 Å². The summed E-state index contributed by atoms with van der Waals surface area (Å²) in [5.41, 5.74) is -0.987. The maximum atomic E-state index is 14.0. The minimum absolute atomic E-state index is 0.0493. The Bertz CT molecular complexity index is 633. The Morgan fingerprint density at radius 1 is 1.45 bits per heavy atom. The van der Waals surface area contributed by atoms with Gasteiger partial charge in [-0.25, -0.2) is 4.39 Å². The van der Waals surface area contributed by atoms with E-state index in [-0.39, 0.29) is 23.8 Å². The lowest BCUT2D eigenvalue weighted by Gasteiger charge is -2.23. The molecule has 0 bridgehead atoms. The number of rotatable bonds is 3. The Labute approximate surface area is 127 Å². The number of hydrogen-bond donors (Lipinski definition) is 1. The van der Waals surface area contributed by atoms with Gasteiger partial charge in [0.05, 0.1) is 12.5 Å². The second-order valence-corrected chi connectivity index (χ2v) is 6.05. The molecule has 1 aliphatic heterocycles. The third kappa shape index (κ3) is 2.05. The summed E-state index contributed by atoms with van der Waals surface area (Å²) in [6.07, 6.45) is 2.23. The maximum absolute atomic E-state index is 14.0. The number of carboxylic acids is 1. The van der Waals surface area contributed by atoms with Crippen LogP contribution in [-0.4, -0.2) is 42.1 Å². The summed E-state index contributed by atoms with van der Waals surface area (Å²) < 4.78 is 19.1. The molecule has 22 heavy (non-hydrogen) atoms. The van der Waals surface area contributed by atoms with E-state index >= 15 is 0 Å². The lowest BCUT2D eigenvalue weighted by Crippen LogP contribution is -2.37. The molecule has 1 aromatic rings. The summed E-state index contributed by atoms with van der Waals surface area (Å²) in [5.74, 6) is -1.88. The molecule has 1 saturated heterocycles. The minimum Gasteiger partial charge on any atom is -0.496 e. The number of benzene rings is 1. The number of fused-ring (bicyclic) bond motifs is 1. The SMILES string of the molecule is COc1cccc(F)c1C(=O)N1C[C@@H]2CCC[C@@]2(C(=O)O)C1. The normalized spacial score (nSPS) is 26.8. The first-order valence-electron chi connectivity index (χ1n) is 7.35. The van der Waals surface area contributed by atoms with E-state index in [0.717, 1.165) is 12.8 Å². The molecule has 2 atom stereocenters. The molecule has 0 aromatic heterocycles. The van der Waals surface area contributed by atoms with Crippen molar-refractivity contribution in [2.45, 2.75) is 19.3 Å². The number of carboxylic acid groups (broad SMARTS) is 1. The Morgan fingerprint density at radius 3 is 2.86 bits per heavy atom. The summed E-state index contributed by atoms with van der Waals surface area (Å²) >= 11 is 0. The first kappa shape index (κ1) is 14.8. The van der Waals surface area contributed by atoms with Gasteiger partial charge in [0.2, 0.25) is 0 Å². The van der Waals surface area contributed by atoms with Gasteiger partial charge in [0.15, 0.2) is 0 Å². The van der Waals surface area contributed by atoms with Gasteiger partial charge < -0.3 is 14.7 Å². The zero-order valence-corrected chi connectivity index (χ0v) is 12.3. The van der Waals surface area contributed by atoms with Crippen molar-refractivity contribution in [3.63, 3.8) is 0 Å². The van der Waals surface area contributed by atoms with Crippen LogP contribution in [0.1, 0.15) is 29.6 Å². The van der Waals surface area contributed by atoms with Gasteiger partial charge in [-0.2, -0.15) is 0 Å². The smallest absolute Gasteiger partial charge is 0.311 e. The quantitative estimate of drug-likeness (QED) is 0.929. The molecule has 1 amide bonds. The predicted octanol–water partition coefficient (Wildman–Crippen LogP) is 2.16. The number of methoxy groups -OCH3 is 1. The second-order valence-electron chi connectivity index (χ2n) is 6.05. The maximum Gasteiger partial charge on any atom is 0.311 e. The highest BCUT2D eigenvalue weighted by molar-refractivity contribution is 5.98. The van der Waals surface area contributed by atoms with Crippen LogP contribution < -0.4 is 4.74 Å². The molecule has 3 rings (SSSR count). The van der Waals surface area contributed by atoms with Crippen LogP contribution in [0.25, 0.3) is 0 Å². The van der Waals surface area contributed by atoms with E-state index in [1.807, 2.05) is 0 Å². The van der Waals surface area contributed by atoms with Crippen LogP contribution in [0.2, 0.25) is 0 Å². The predicted molar refractivity (Wildman–Crippen MR) is 76.3 cm³/mol. The highest BCUT2D eigenvalue weighted by atomic mass is 19.1. The average Bonchev–Trinajstić information content (AvgIpc) is 3.04. The minimum atomic E-state index is -0.867. The molecule has 118 valence electrons. The van der Waals surface area contributed by atoms with E-state index in [4.69, 9.17) is 4.74 Å². The van der Waals surface area contributed by atoms with E-state index in [9.17, 15) is 19.1 Å². The van der Waals surface area contributed by atoms with Crippen molar-refractivity contribution in [2.75, 3.05) is 20.2 Å². The van der Waals surface area contributed by atoms with Gasteiger partial charge >= 0.3 is 5.97 Å². The number of hydrogen-bond acceptors (Lipinski definition) is 3. The summed E-state index contributed by atoms with van der Waals surface area (Å²) in [4.78, 5) is 25.8. The Kier molecular flexibility index (Phi) is 3.54. The Morgan fingerprint density at radius 2 is 2.23 bits per heavy atom. The van der Waals surface area contributed by atoms with Gasteiger partial charge in [0.1, 0.15) is 17.1 Å². The van der Waals surface area contributed by atoms with Crippen LogP contribution >= 0.6 is 0 Å². The molecule has 1 aliphatic carbocycles. The van der Waals surface area contributed by atoms with E-state index in [1.165, 1.54) is 30.2 Å². The number of ether oxygens (including phenoxy) is 1. The largest absolute Gasteiger partial charge is 0.496 e. The van der Waals surface area contributed by atoms with Gasteiger partial charge in [-0.05, 0) is 30.9 Å². The van der Waals surface area contributed by atoms with E-state index in [0.29, 0.717) is 13.0 Å². The molecule has 0 radical (unpaired) electrons. The van der Waals surface area contributed by atoms with Crippen molar-refractivity contribution in [2.24, 2.45) is 11.3 Å². The van der Waals surface area contributed by atoms with E-state index < -0.39 is 23.1 Å².